The molecule has 0 radical (unpaired) electrons. The van der Waals surface area contributed by atoms with Crippen LogP contribution in [0.2, 0.25) is 0 Å². The van der Waals surface area contributed by atoms with E-state index in [-0.39, 0.29) is 0 Å². The highest BCUT2D eigenvalue weighted by molar-refractivity contribution is 4.86. The zero-order valence-electron chi connectivity index (χ0n) is 8.89. The van der Waals surface area contributed by atoms with Crippen LogP contribution >= 0.6 is 0 Å². The summed E-state index contributed by atoms with van der Waals surface area (Å²) in [7, 11) is 0. The molecule has 0 aromatic carbocycles. The van der Waals surface area contributed by atoms with E-state index >= 15 is 0 Å². The number of nitrogens with one attached hydrogen (secondary N) is 1. The zero-order chi connectivity index (χ0) is 9.52. The third kappa shape index (κ3) is 4.47. The molecule has 1 heteroatoms. The molecule has 0 amide bonds. The fourth-order valence-corrected chi connectivity index (χ4v) is 1.81. The zero-order valence-corrected chi connectivity index (χ0v) is 8.89. The molecule has 1 nitrogen and oxygen atoms in total. The van der Waals surface area contributed by atoms with Gasteiger partial charge in [0, 0.05) is 6.04 Å². The second-order valence-corrected chi connectivity index (χ2v) is 4.12. The van der Waals surface area contributed by atoms with E-state index in [1.165, 1.54) is 45.1 Å². The quantitative estimate of drug-likeness (QED) is 0.448. The Hall–Kier alpha value is -0.300. The first kappa shape index (κ1) is 10.8. The predicted octanol–water partition coefficient (Wildman–Crippen LogP) is 3.12. The predicted molar refractivity (Wildman–Crippen MR) is 58.9 cm³/mol. The highest BCUT2D eigenvalue weighted by Gasteiger charge is 2.29. The molecule has 1 aliphatic rings. The van der Waals surface area contributed by atoms with Gasteiger partial charge in [0.05, 0.1) is 0 Å². The van der Waals surface area contributed by atoms with Crippen molar-refractivity contribution in [2.45, 2.75) is 51.5 Å². The molecule has 0 spiro atoms. The normalized spacial score (nSPS) is 18.5. The Balaban J connectivity index is 2.09. The van der Waals surface area contributed by atoms with Gasteiger partial charge in [0.1, 0.15) is 0 Å². The minimum atomic E-state index is 0.805. The minimum Gasteiger partial charge on any atom is -0.314 e. The van der Waals surface area contributed by atoms with Crippen molar-refractivity contribution in [2.24, 2.45) is 5.92 Å². The standard InChI is InChI=1S/C12H23N/c1-3-5-6-7-12(11-8-9-11)13-10-4-2/h3,11-13H,1,4-10H2,2H3. The molecule has 1 atom stereocenters. The van der Waals surface area contributed by atoms with Crippen LogP contribution in [-0.4, -0.2) is 12.6 Å². The summed E-state index contributed by atoms with van der Waals surface area (Å²) in [5, 5.41) is 3.66. The summed E-state index contributed by atoms with van der Waals surface area (Å²) in [6, 6.07) is 0.805. The van der Waals surface area contributed by atoms with Gasteiger partial charge in [0.25, 0.3) is 0 Å². The van der Waals surface area contributed by atoms with E-state index in [1.54, 1.807) is 0 Å². The van der Waals surface area contributed by atoms with Crippen molar-refractivity contribution in [2.75, 3.05) is 6.54 Å². The van der Waals surface area contributed by atoms with Crippen LogP contribution in [0.5, 0.6) is 0 Å². The molecule has 1 unspecified atom stereocenters. The van der Waals surface area contributed by atoms with Crippen molar-refractivity contribution >= 4 is 0 Å². The van der Waals surface area contributed by atoms with Crippen LogP contribution < -0.4 is 5.32 Å². The molecule has 0 aromatic heterocycles. The van der Waals surface area contributed by atoms with Gasteiger partial charge in [-0.25, -0.2) is 0 Å². The van der Waals surface area contributed by atoms with Gasteiger partial charge in [-0.2, -0.15) is 0 Å². The van der Waals surface area contributed by atoms with Crippen LogP contribution in [0.15, 0.2) is 12.7 Å². The second-order valence-electron chi connectivity index (χ2n) is 4.12. The van der Waals surface area contributed by atoms with E-state index in [9.17, 15) is 0 Å². The molecule has 76 valence electrons. The highest BCUT2D eigenvalue weighted by atomic mass is 14.9. The van der Waals surface area contributed by atoms with E-state index < -0.39 is 0 Å². The van der Waals surface area contributed by atoms with Gasteiger partial charge in [-0.05, 0) is 51.0 Å². The van der Waals surface area contributed by atoms with Gasteiger partial charge in [-0.15, -0.1) is 6.58 Å². The van der Waals surface area contributed by atoms with Gasteiger partial charge in [0.15, 0.2) is 0 Å². The van der Waals surface area contributed by atoms with Crippen molar-refractivity contribution in [3.8, 4) is 0 Å². The van der Waals surface area contributed by atoms with Crippen LogP contribution in [-0.2, 0) is 0 Å². The Labute approximate surface area is 82.6 Å². The molecule has 0 saturated heterocycles. The first-order valence-electron chi connectivity index (χ1n) is 5.72. The monoisotopic (exact) mass is 181 g/mol. The molecule has 13 heavy (non-hydrogen) atoms. The lowest BCUT2D eigenvalue weighted by atomic mass is 10.1. The van der Waals surface area contributed by atoms with Crippen molar-refractivity contribution in [3.05, 3.63) is 12.7 Å². The molecule has 1 N–H and O–H groups in total. The summed E-state index contributed by atoms with van der Waals surface area (Å²) in [6.45, 7) is 7.19. The van der Waals surface area contributed by atoms with Crippen molar-refractivity contribution in [1.29, 1.82) is 0 Å². The maximum absolute atomic E-state index is 3.76. The fraction of sp³-hybridized carbons (Fsp3) is 0.833. The maximum atomic E-state index is 3.76. The summed E-state index contributed by atoms with van der Waals surface area (Å²) in [5.74, 6) is 0.997. The first-order valence-corrected chi connectivity index (χ1v) is 5.72. The molecule has 0 aromatic rings. The van der Waals surface area contributed by atoms with Crippen molar-refractivity contribution in [1.82, 2.24) is 5.32 Å². The van der Waals surface area contributed by atoms with E-state index in [2.05, 4.69) is 18.8 Å². The Bertz CT molecular complexity index is 138. The smallest absolute Gasteiger partial charge is 0.00954 e. The SMILES string of the molecule is C=CCCCC(NCCC)C1CC1. The van der Waals surface area contributed by atoms with Gasteiger partial charge in [0.2, 0.25) is 0 Å². The number of rotatable bonds is 8. The number of hydrogen-bond donors (Lipinski definition) is 1. The minimum absolute atomic E-state index is 0.805. The average Bonchev–Trinajstić information content (AvgIpc) is 2.94. The topological polar surface area (TPSA) is 12.0 Å². The lowest BCUT2D eigenvalue weighted by Gasteiger charge is -2.17. The van der Waals surface area contributed by atoms with E-state index in [0.717, 1.165) is 12.0 Å². The summed E-state index contributed by atoms with van der Waals surface area (Å²) in [5.41, 5.74) is 0. The molecule has 1 fully saturated rings. The van der Waals surface area contributed by atoms with Crippen LogP contribution in [0, 0.1) is 5.92 Å². The third-order valence-electron chi connectivity index (χ3n) is 2.77. The van der Waals surface area contributed by atoms with Gasteiger partial charge < -0.3 is 5.32 Å². The molecule has 0 heterocycles. The molecular formula is C12H23N. The highest BCUT2D eigenvalue weighted by Crippen LogP contribution is 2.34. The van der Waals surface area contributed by atoms with E-state index in [0.29, 0.717) is 0 Å². The summed E-state index contributed by atoms with van der Waals surface area (Å²) in [4.78, 5) is 0. The lowest BCUT2D eigenvalue weighted by Crippen LogP contribution is -2.31. The lowest BCUT2D eigenvalue weighted by molar-refractivity contribution is 0.426. The Morgan fingerprint density at radius 3 is 2.85 bits per heavy atom. The van der Waals surface area contributed by atoms with E-state index in [1.807, 2.05) is 6.08 Å². The van der Waals surface area contributed by atoms with Gasteiger partial charge in [-0.1, -0.05) is 13.0 Å². The Kier molecular flexibility index (Phi) is 5.14. The van der Waals surface area contributed by atoms with Gasteiger partial charge in [-0.3, -0.25) is 0 Å². The van der Waals surface area contributed by atoms with Crippen LogP contribution in [0.25, 0.3) is 0 Å². The molecule has 1 aliphatic carbocycles. The molecule has 0 bridgehead atoms. The average molecular weight is 181 g/mol. The fourth-order valence-electron chi connectivity index (χ4n) is 1.81. The maximum Gasteiger partial charge on any atom is 0.00954 e. The van der Waals surface area contributed by atoms with Gasteiger partial charge >= 0.3 is 0 Å². The summed E-state index contributed by atoms with van der Waals surface area (Å²) < 4.78 is 0. The van der Waals surface area contributed by atoms with Crippen LogP contribution in [0.3, 0.4) is 0 Å². The molecular weight excluding hydrogens is 158 g/mol. The van der Waals surface area contributed by atoms with E-state index in [4.69, 9.17) is 0 Å². The van der Waals surface area contributed by atoms with Crippen molar-refractivity contribution in [3.63, 3.8) is 0 Å². The molecule has 1 rings (SSSR count). The third-order valence-corrected chi connectivity index (χ3v) is 2.77. The number of unbranched alkanes of at least 4 members (excludes halogenated alkanes) is 1. The number of hydrogen-bond acceptors (Lipinski definition) is 1. The van der Waals surface area contributed by atoms with Crippen molar-refractivity contribution < 1.29 is 0 Å². The second kappa shape index (κ2) is 6.20. The Morgan fingerprint density at radius 2 is 2.31 bits per heavy atom. The Morgan fingerprint density at radius 1 is 1.54 bits per heavy atom. The molecule has 0 aliphatic heterocycles. The molecule has 1 saturated carbocycles. The summed E-state index contributed by atoms with van der Waals surface area (Å²) >= 11 is 0. The number of allylic oxidation sites excluding steroid dienone is 1. The summed E-state index contributed by atoms with van der Waals surface area (Å²) in [6.07, 6.45) is 10.0. The van der Waals surface area contributed by atoms with Crippen LogP contribution in [0.1, 0.15) is 45.4 Å². The first-order chi connectivity index (χ1) is 6.38. The largest absolute Gasteiger partial charge is 0.314 e. The van der Waals surface area contributed by atoms with Crippen LogP contribution in [0.4, 0.5) is 0 Å².